The molecule has 4 aromatic rings. The molecule has 35 heavy (non-hydrogen) atoms. The zero-order valence-electron chi connectivity index (χ0n) is 19.9. The molecule has 1 aliphatic rings. The molecule has 0 radical (unpaired) electrons. The first-order chi connectivity index (χ1) is 17.3. The molecule has 0 saturated carbocycles. The van der Waals surface area contributed by atoms with Gasteiger partial charge in [0.2, 0.25) is 0 Å². The molecule has 1 atom stereocenters. The van der Waals surface area contributed by atoms with E-state index in [4.69, 9.17) is 4.99 Å². The Kier molecular flexibility index (Phi) is 7.19. The first-order valence-electron chi connectivity index (χ1n) is 12.2. The van der Waals surface area contributed by atoms with Gasteiger partial charge in [0.05, 0.1) is 5.69 Å². The number of unbranched alkanes of at least 4 members (excludes halogenated alkanes) is 1. The summed E-state index contributed by atoms with van der Waals surface area (Å²) >= 11 is 0. The van der Waals surface area contributed by atoms with E-state index in [1.165, 1.54) is 11.1 Å². The second-order valence-corrected chi connectivity index (χ2v) is 8.77. The van der Waals surface area contributed by atoms with Crippen LogP contribution in [0.5, 0.6) is 0 Å². The Hall–Kier alpha value is -3.91. The maximum absolute atomic E-state index is 5.02. The smallest absolute Gasteiger partial charge is 0.181 e. The number of nitrogens with zero attached hydrogens (tertiary/aromatic N) is 6. The van der Waals surface area contributed by atoms with Crippen molar-refractivity contribution >= 4 is 5.84 Å². The van der Waals surface area contributed by atoms with Gasteiger partial charge in [-0.05, 0) is 52.9 Å². The van der Waals surface area contributed by atoms with E-state index in [1.54, 1.807) is 6.20 Å². The van der Waals surface area contributed by atoms with E-state index in [2.05, 4.69) is 97.6 Å². The topological polar surface area (TPSA) is 95.0 Å². The number of hydrazine groups is 1. The SMILES string of the molecule is CCCCC1=NC(CCc2ccccc2)N(Cc2ccc(-c3ncccc3-c3nnn[nH]3)cc2)N1. The molecule has 2 aromatic carbocycles. The van der Waals surface area contributed by atoms with Gasteiger partial charge in [-0.3, -0.25) is 9.98 Å². The van der Waals surface area contributed by atoms with Gasteiger partial charge in [-0.1, -0.05) is 67.9 Å². The third kappa shape index (κ3) is 5.60. The summed E-state index contributed by atoms with van der Waals surface area (Å²) in [5.74, 6) is 1.71. The zero-order valence-corrected chi connectivity index (χ0v) is 19.9. The van der Waals surface area contributed by atoms with Crippen LogP contribution in [-0.4, -0.2) is 42.6 Å². The molecule has 2 aromatic heterocycles. The van der Waals surface area contributed by atoms with Crippen molar-refractivity contribution in [3.05, 3.63) is 84.1 Å². The fraction of sp³-hybridized carbons (Fsp3) is 0.296. The molecule has 0 aliphatic carbocycles. The molecule has 0 saturated heterocycles. The highest BCUT2D eigenvalue weighted by atomic mass is 15.6. The molecule has 0 bridgehead atoms. The lowest BCUT2D eigenvalue weighted by molar-refractivity contribution is 0.171. The number of aryl methyl sites for hydroxylation is 1. The van der Waals surface area contributed by atoms with E-state index in [-0.39, 0.29) is 6.17 Å². The maximum Gasteiger partial charge on any atom is 0.181 e. The predicted octanol–water partition coefficient (Wildman–Crippen LogP) is 4.80. The van der Waals surface area contributed by atoms with Crippen molar-refractivity contribution in [3.8, 4) is 22.6 Å². The highest BCUT2D eigenvalue weighted by molar-refractivity contribution is 5.83. The quantitative estimate of drug-likeness (QED) is 0.349. The highest BCUT2D eigenvalue weighted by Crippen LogP contribution is 2.28. The fourth-order valence-electron chi connectivity index (χ4n) is 4.35. The second-order valence-electron chi connectivity index (χ2n) is 8.77. The molecule has 0 amide bonds. The van der Waals surface area contributed by atoms with Crippen LogP contribution in [0.25, 0.3) is 22.6 Å². The van der Waals surface area contributed by atoms with Crippen molar-refractivity contribution < 1.29 is 0 Å². The zero-order chi connectivity index (χ0) is 23.9. The largest absolute Gasteiger partial charge is 0.305 e. The molecule has 5 rings (SSSR count). The summed E-state index contributed by atoms with van der Waals surface area (Å²) in [6.07, 6.45) is 7.20. The average Bonchev–Trinajstić information content (AvgIpc) is 3.58. The van der Waals surface area contributed by atoms with Crippen molar-refractivity contribution in [1.82, 2.24) is 36.0 Å². The first-order valence-corrected chi connectivity index (χ1v) is 12.2. The fourth-order valence-corrected chi connectivity index (χ4v) is 4.35. The lowest BCUT2D eigenvalue weighted by Gasteiger charge is -2.23. The van der Waals surface area contributed by atoms with Gasteiger partial charge >= 0.3 is 0 Å². The van der Waals surface area contributed by atoms with Crippen LogP contribution in [0, 0.1) is 0 Å². The Labute approximate surface area is 205 Å². The molecule has 0 fully saturated rings. The van der Waals surface area contributed by atoms with E-state index in [0.29, 0.717) is 5.82 Å². The second kappa shape index (κ2) is 11.0. The standard InChI is InChI=1S/C27H30N8/c1-2-3-11-24-29-25(17-14-20-8-5-4-6-9-20)35(32-24)19-21-12-15-22(16-13-21)26-23(10-7-18-28-26)27-30-33-34-31-27/h4-10,12-13,15-16,18,25H,2-3,11,14,17,19H2,1H3,(H,29,32)(H,30,31,33,34). The van der Waals surface area contributed by atoms with Gasteiger partial charge in [-0.25, -0.2) is 5.10 Å². The van der Waals surface area contributed by atoms with Gasteiger partial charge in [0.1, 0.15) is 12.0 Å². The van der Waals surface area contributed by atoms with Crippen LogP contribution in [0.15, 0.2) is 77.9 Å². The number of rotatable bonds is 10. The van der Waals surface area contributed by atoms with Crippen LogP contribution in [0.4, 0.5) is 0 Å². The normalized spacial score (nSPS) is 15.7. The molecule has 8 heteroatoms. The van der Waals surface area contributed by atoms with Crippen molar-refractivity contribution in [2.45, 2.75) is 51.7 Å². The Morgan fingerprint density at radius 1 is 0.914 bits per heavy atom. The number of tetrazole rings is 1. The van der Waals surface area contributed by atoms with Crippen LogP contribution < -0.4 is 5.43 Å². The summed E-state index contributed by atoms with van der Waals surface area (Å²) in [6.45, 7) is 2.99. The number of aliphatic imine (C=N–C) groups is 1. The van der Waals surface area contributed by atoms with Crippen LogP contribution in [0.3, 0.4) is 0 Å². The van der Waals surface area contributed by atoms with E-state index >= 15 is 0 Å². The van der Waals surface area contributed by atoms with Gasteiger partial charge in [-0.2, -0.15) is 5.01 Å². The summed E-state index contributed by atoms with van der Waals surface area (Å²) in [5.41, 5.74) is 8.90. The van der Waals surface area contributed by atoms with Crippen molar-refractivity contribution in [2.75, 3.05) is 0 Å². The number of aromatic nitrogens is 5. The van der Waals surface area contributed by atoms with Crippen molar-refractivity contribution in [2.24, 2.45) is 4.99 Å². The predicted molar refractivity (Wildman–Crippen MR) is 137 cm³/mol. The molecule has 0 spiro atoms. The molecule has 3 heterocycles. The van der Waals surface area contributed by atoms with E-state index in [1.807, 2.05) is 12.1 Å². The number of hydrogen-bond donors (Lipinski definition) is 2. The first kappa shape index (κ1) is 22.9. The highest BCUT2D eigenvalue weighted by Gasteiger charge is 2.25. The summed E-state index contributed by atoms with van der Waals surface area (Å²) in [7, 11) is 0. The minimum absolute atomic E-state index is 0.128. The van der Waals surface area contributed by atoms with E-state index < -0.39 is 0 Å². The Bertz CT molecular complexity index is 1240. The minimum Gasteiger partial charge on any atom is -0.305 e. The molecule has 1 unspecified atom stereocenters. The number of hydrogen-bond acceptors (Lipinski definition) is 7. The summed E-state index contributed by atoms with van der Waals surface area (Å²) < 4.78 is 0. The van der Waals surface area contributed by atoms with E-state index in [0.717, 1.165) is 61.3 Å². The van der Waals surface area contributed by atoms with Crippen molar-refractivity contribution in [1.29, 1.82) is 0 Å². The van der Waals surface area contributed by atoms with Crippen LogP contribution in [0.1, 0.15) is 43.7 Å². The Balaban J connectivity index is 1.29. The van der Waals surface area contributed by atoms with Crippen LogP contribution >= 0.6 is 0 Å². The Morgan fingerprint density at radius 3 is 2.54 bits per heavy atom. The molecule has 2 N–H and O–H groups in total. The number of benzene rings is 2. The summed E-state index contributed by atoms with van der Waals surface area (Å²) in [4.78, 5) is 9.61. The summed E-state index contributed by atoms with van der Waals surface area (Å²) in [5, 5.41) is 16.6. The van der Waals surface area contributed by atoms with Crippen LogP contribution in [0.2, 0.25) is 0 Å². The van der Waals surface area contributed by atoms with Gasteiger partial charge in [0.15, 0.2) is 5.82 Å². The van der Waals surface area contributed by atoms with Gasteiger partial charge in [0.25, 0.3) is 0 Å². The molecular formula is C27H30N8. The van der Waals surface area contributed by atoms with E-state index in [9.17, 15) is 0 Å². The molecular weight excluding hydrogens is 436 g/mol. The van der Waals surface area contributed by atoms with Gasteiger partial charge < -0.3 is 5.43 Å². The molecule has 178 valence electrons. The number of amidine groups is 1. The Morgan fingerprint density at radius 2 is 1.77 bits per heavy atom. The van der Waals surface area contributed by atoms with Crippen molar-refractivity contribution in [3.63, 3.8) is 0 Å². The number of nitrogens with one attached hydrogen (secondary N) is 2. The number of pyridine rings is 1. The lowest BCUT2D eigenvalue weighted by atomic mass is 10.0. The van der Waals surface area contributed by atoms with Gasteiger partial charge in [-0.15, -0.1) is 5.10 Å². The van der Waals surface area contributed by atoms with Gasteiger partial charge in [0, 0.05) is 30.3 Å². The minimum atomic E-state index is 0.128. The summed E-state index contributed by atoms with van der Waals surface area (Å²) in [6, 6.07) is 23.0. The maximum atomic E-state index is 5.02. The lowest BCUT2D eigenvalue weighted by Crippen LogP contribution is -2.40. The average molecular weight is 467 g/mol. The molecule has 8 nitrogen and oxygen atoms in total. The molecule has 1 aliphatic heterocycles. The number of aromatic amines is 1. The monoisotopic (exact) mass is 466 g/mol. The van der Waals surface area contributed by atoms with Crippen LogP contribution in [-0.2, 0) is 13.0 Å². The third-order valence-corrected chi connectivity index (χ3v) is 6.23. The third-order valence-electron chi connectivity index (χ3n) is 6.23. The number of H-pyrrole nitrogens is 1.